The van der Waals surface area contributed by atoms with Gasteiger partial charge in [0.2, 0.25) is 0 Å². The van der Waals surface area contributed by atoms with Crippen molar-refractivity contribution in [3.63, 3.8) is 0 Å². The van der Waals surface area contributed by atoms with Crippen LogP contribution < -0.4 is 5.32 Å². The Morgan fingerprint density at radius 3 is 2.60 bits per heavy atom. The maximum Gasteiger partial charge on any atom is 0.274 e. The number of halogens is 3. The lowest BCUT2D eigenvalue weighted by atomic mass is 10.1. The van der Waals surface area contributed by atoms with E-state index in [1.54, 1.807) is 36.4 Å². The Kier molecular flexibility index (Phi) is 5.60. The van der Waals surface area contributed by atoms with Crippen LogP contribution in [0.2, 0.25) is 10.0 Å². The summed E-state index contributed by atoms with van der Waals surface area (Å²) in [5.41, 5.74) is 1.54. The minimum Gasteiger partial charge on any atom is -0.320 e. The minimum atomic E-state index is -0.515. The molecular formula is C21H12BrCl2N3O3. The molecule has 0 unspecified atom stereocenters. The highest BCUT2D eigenvalue weighted by molar-refractivity contribution is 9.10. The Morgan fingerprint density at radius 1 is 1.07 bits per heavy atom. The zero-order valence-electron chi connectivity index (χ0n) is 15.2. The molecule has 0 fully saturated rings. The number of imide groups is 1. The minimum absolute atomic E-state index is 0.0580. The second-order valence-electron chi connectivity index (χ2n) is 6.48. The molecule has 0 atom stereocenters. The van der Waals surface area contributed by atoms with E-state index in [1.165, 1.54) is 18.3 Å². The highest BCUT2D eigenvalue weighted by atomic mass is 79.9. The molecule has 1 N–H and O–H groups in total. The first-order valence-electron chi connectivity index (χ1n) is 8.71. The molecule has 0 bridgehead atoms. The number of nitrogens with one attached hydrogen (secondary N) is 1. The van der Waals surface area contributed by atoms with Crippen molar-refractivity contribution in [3.8, 4) is 0 Å². The van der Waals surface area contributed by atoms with Crippen LogP contribution in [-0.2, 0) is 6.54 Å². The molecule has 1 aromatic heterocycles. The molecule has 30 heavy (non-hydrogen) atoms. The van der Waals surface area contributed by atoms with Gasteiger partial charge >= 0.3 is 0 Å². The van der Waals surface area contributed by atoms with Crippen LogP contribution in [-0.4, -0.2) is 27.6 Å². The fourth-order valence-electron chi connectivity index (χ4n) is 3.14. The second-order valence-corrected chi connectivity index (χ2v) is 8.24. The fraction of sp³-hybridized carbons (Fsp3) is 0.0476. The normalized spacial score (nSPS) is 12.8. The smallest absolute Gasteiger partial charge is 0.274 e. The molecule has 2 aromatic carbocycles. The number of rotatable bonds is 4. The predicted molar refractivity (Wildman–Crippen MR) is 117 cm³/mol. The van der Waals surface area contributed by atoms with Gasteiger partial charge in [0.05, 0.1) is 22.7 Å². The summed E-state index contributed by atoms with van der Waals surface area (Å²) in [6.07, 6.45) is 1.52. The average molecular weight is 505 g/mol. The van der Waals surface area contributed by atoms with Gasteiger partial charge in [-0.15, -0.1) is 0 Å². The van der Waals surface area contributed by atoms with Crippen molar-refractivity contribution in [1.29, 1.82) is 0 Å². The molecule has 0 saturated heterocycles. The number of fused-ring (bicyclic) bond motifs is 1. The molecule has 6 nitrogen and oxygen atoms in total. The molecule has 1 aliphatic rings. The van der Waals surface area contributed by atoms with E-state index in [9.17, 15) is 14.4 Å². The Bertz CT molecular complexity index is 1200. The van der Waals surface area contributed by atoms with Gasteiger partial charge < -0.3 is 5.32 Å². The first-order valence-corrected chi connectivity index (χ1v) is 10.3. The zero-order valence-corrected chi connectivity index (χ0v) is 18.3. The molecule has 9 heteroatoms. The number of pyridine rings is 1. The molecule has 0 spiro atoms. The van der Waals surface area contributed by atoms with Gasteiger partial charge in [-0.2, -0.15) is 0 Å². The Hall–Kier alpha value is -2.74. The van der Waals surface area contributed by atoms with E-state index in [1.807, 2.05) is 0 Å². The van der Waals surface area contributed by atoms with E-state index in [4.69, 9.17) is 23.2 Å². The van der Waals surface area contributed by atoms with E-state index in [0.717, 1.165) is 9.37 Å². The lowest BCUT2D eigenvalue weighted by molar-refractivity contribution is 0.0642. The molecule has 0 radical (unpaired) electrons. The van der Waals surface area contributed by atoms with Crippen molar-refractivity contribution in [2.24, 2.45) is 0 Å². The third-order valence-corrected chi connectivity index (χ3v) is 5.54. The number of hydrogen-bond donors (Lipinski definition) is 1. The van der Waals surface area contributed by atoms with Crippen molar-refractivity contribution in [3.05, 3.63) is 91.6 Å². The van der Waals surface area contributed by atoms with Gasteiger partial charge in [0, 0.05) is 21.4 Å². The monoisotopic (exact) mass is 503 g/mol. The lowest BCUT2D eigenvalue weighted by Crippen LogP contribution is -2.29. The largest absolute Gasteiger partial charge is 0.320 e. The van der Waals surface area contributed by atoms with Crippen LogP contribution in [0.1, 0.15) is 36.8 Å². The number of aromatic nitrogens is 1. The van der Waals surface area contributed by atoms with Crippen LogP contribution in [0, 0.1) is 0 Å². The van der Waals surface area contributed by atoms with Gasteiger partial charge in [0.25, 0.3) is 17.7 Å². The number of carbonyl (C=O) groups excluding carboxylic acids is 3. The van der Waals surface area contributed by atoms with Crippen molar-refractivity contribution >= 4 is 62.5 Å². The lowest BCUT2D eigenvalue weighted by Gasteiger charge is -2.17. The number of carbonyl (C=O) groups is 3. The first kappa shape index (κ1) is 20.5. The summed E-state index contributed by atoms with van der Waals surface area (Å²) in [6.45, 7) is -0.0580. The predicted octanol–water partition coefficient (Wildman–Crippen LogP) is 5.20. The van der Waals surface area contributed by atoms with Gasteiger partial charge in [-0.1, -0.05) is 45.2 Å². The number of amides is 3. The van der Waals surface area contributed by atoms with E-state index in [0.29, 0.717) is 11.3 Å². The first-order chi connectivity index (χ1) is 14.3. The van der Waals surface area contributed by atoms with Crippen LogP contribution >= 0.6 is 39.1 Å². The fourth-order valence-corrected chi connectivity index (χ4v) is 4.13. The summed E-state index contributed by atoms with van der Waals surface area (Å²) in [4.78, 5) is 43.3. The standard InChI is InChI=1S/C21H12BrCl2N3O3/c22-12-4-5-16(26-19(28)17-3-1-2-6-25-17)11(7-12)10-27-20(29)14-8-13(23)9-15(24)18(14)21(27)30/h1-9H,10H2,(H,26,28). The zero-order chi connectivity index (χ0) is 21.4. The van der Waals surface area contributed by atoms with Gasteiger partial charge in [-0.25, -0.2) is 0 Å². The van der Waals surface area contributed by atoms with Crippen LogP contribution in [0.25, 0.3) is 0 Å². The van der Waals surface area contributed by atoms with Crippen LogP contribution in [0.15, 0.2) is 59.2 Å². The Balaban J connectivity index is 1.65. The van der Waals surface area contributed by atoms with Gasteiger partial charge in [0.1, 0.15) is 5.69 Å². The molecule has 3 aromatic rings. The van der Waals surface area contributed by atoms with Crippen molar-refractivity contribution in [2.75, 3.05) is 5.32 Å². The summed E-state index contributed by atoms with van der Waals surface area (Å²) in [6, 6.07) is 13.0. The molecule has 2 heterocycles. The van der Waals surface area contributed by atoms with E-state index in [-0.39, 0.29) is 33.4 Å². The summed E-state index contributed by atoms with van der Waals surface area (Å²) >= 11 is 15.5. The van der Waals surface area contributed by atoms with Crippen LogP contribution in [0.3, 0.4) is 0 Å². The summed E-state index contributed by atoms with van der Waals surface area (Å²) in [7, 11) is 0. The molecule has 0 saturated carbocycles. The third-order valence-electron chi connectivity index (χ3n) is 4.53. The summed E-state index contributed by atoms with van der Waals surface area (Å²) in [5.74, 6) is -1.42. The Labute approximate surface area is 189 Å². The molecule has 150 valence electrons. The van der Waals surface area contributed by atoms with Crippen molar-refractivity contribution < 1.29 is 14.4 Å². The van der Waals surface area contributed by atoms with Crippen molar-refractivity contribution in [1.82, 2.24) is 9.88 Å². The van der Waals surface area contributed by atoms with Crippen LogP contribution in [0.5, 0.6) is 0 Å². The second kappa shape index (κ2) is 8.18. The molecular weight excluding hydrogens is 493 g/mol. The summed E-state index contributed by atoms with van der Waals surface area (Å²) < 4.78 is 0.728. The topological polar surface area (TPSA) is 79.4 Å². The van der Waals surface area contributed by atoms with Gasteiger partial charge in [0.15, 0.2) is 0 Å². The van der Waals surface area contributed by atoms with Crippen molar-refractivity contribution in [2.45, 2.75) is 6.54 Å². The van der Waals surface area contributed by atoms with E-state index in [2.05, 4.69) is 26.2 Å². The average Bonchev–Trinajstić information content (AvgIpc) is 2.95. The third kappa shape index (κ3) is 3.84. The SMILES string of the molecule is O=C(Nc1ccc(Br)cc1CN1C(=O)c2cc(Cl)cc(Cl)c2C1=O)c1ccccn1. The summed E-state index contributed by atoms with van der Waals surface area (Å²) in [5, 5.41) is 3.17. The molecule has 1 aliphatic heterocycles. The Morgan fingerprint density at radius 2 is 1.87 bits per heavy atom. The molecule has 3 amide bonds. The van der Waals surface area contributed by atoms with Gasteiger partial charge in [-0.05, 0) is 48.0 Å². The number of nitrogens with zero attached hydrogens (tertiary/aromatic N) is 2. The van der Waals surface area contributed by atoms with Crippen LogP contribution in [0.4, 0.5) is 5.69 Å². The van der Waals surface area contributed by atoms with E-state index >= 15 is 0 Å². The number of hydrogen-bond acceptors (Lipinski definition) is 4. The highest BCUT2D eigenvalue weighted by Crippen LogP contribution is 2.34. The number of benzene rings is 2. The number of anilines is 1. The van der Waals surface area contributed by atoms with E-state index < -0.39 is 17.7 Å². The maximum absolute atomic E-state index is 12.9. The molecule has 4 rings (SSSR count). The quantitative estimate of drug-likeness (QED) is 0.495. The highest BCUT2D eigenvalue weighted by Gasteiger charge is 2.38. The van der Waals surface area contributed by atoms with Gasteiger partial charge in [-0.3, -0.25) is 24.3 Å². The molecule has 0 aliphatic carbocycles. The maximum atomic E-state index is 12.9.